The van der Waals surface area contributed by atoms with Gasteiger partial charge in [0, 0.05) is 13.0 Å². The van der Waals surface area contributed by atoms with Crippen molar-refractivity contribution in [2.45, 2.75) is 10.8 Å². The van der Waals surface area contributed by atoms with E-state index in [-0.39, 0.29) is 18.2 Å². The highest BCUT2D eigenvalue weighted by molar-refractivity contribution is 8.01. The molecule has 7 nitrogen and oxygen atoms in total. The molecule has 3 rings (SSSR count). The number of amides is 2. The van der Waals surface area contributed by atoms with E-state index >= 15 is 0 Å². The largest absolute Gasteiger partial charge is 0.495 e. The minimum absolute atomic E-state index is 0.114. The maximum absolute atomic E-state index is 12.5. The van der Waals surface area contributed by atoms with Crippen molar-refractivity contribution in [1.82, 2.24) is 10.2 Å². The zero-order valence-corrected chi connectivity index (χ0v) is 15.6. The van der Waals surface area contributed by atoms with E-state index in [1.165, 1.54) is 23.1 Å². The number of benzene rings is 1. The normalized spacial score (nSPS) is 16.4. The number of carbonyl (C=O) groups is 2. The van der Waals surface area contributed by atoms with E-state index in [2.05, 4.69) is 21.4 Å². The Bertz CT molecular complexity index is 862. The van der Waals surface area contributed by atoms with Crippen molar-refractivity contribution >= 4 is 45.7 Å². The Balaban J connectivity index is 1.65. The summed E-state index contributed by atoms with van der Waals surface area (Å²) in [5, 5.41) is 11.0. The molecule has 0 unspecified atom stereocenters. The van der Waals surface area contributed by atoms with Crippen LogP contribution in [0.3, 0.4) is 0 Å². The molecule has 1 aromatic carbocycles. The first-order chi connectivity index (χ1) is 12.6. The molecule has 26 heavy (non-hydrogen) atoms. The number of hydrogen-bond donors (Lipinski definition) is 1. The molecule has 2 heterocycles. The lowest BCUT2D eigenvalue weighted by atomic mass is 10.1. The van der Waals surface area contributed by atoms with E-state index in [0.717, 1.165) is 0 Å². The fourth-order valence-electron chi connectivity index (χ4n) is 2.60. The molecule has 0 spiro atoms. The Hall–Kier alpha value is -2.57. The number of para-hydroxylation sites is 2. The Kier molecular flexibility index (Phi) is 5.75. The third-order valence-corrected chi connectivity index (χ3v) is 5.66. The van der Waals surface area contributed by atoms with Gasteiger partial charge in [-0.25, -0.2) is 0 Å². The number of aromatic nitrogens is 2. The predicted octanol–water partition coefficient (Wildman–Crippen LogP) is 2.26. The first-order valence-corrected chi connectivity index (χ1v) is 9.56. The van der Waals surface area contributed by atoms with Gasteiger partial charge in [0.2, 0.25) is 16.9 Å². The van der Waals surface area contributed by atoms with E-state index in [1.54, 1.807) is 24.1 Å². The average Bonchev–Trinajstić information content (AvgIpc) is 3.26. The van der Waals surface area contributed by atoms with Gasteiger partial charge in [0.05, 0.1) is 24.5 Å². The minimum atomic E-state index is -0.460. The number of terminal acetylenes is 1. The van der Waals surface area contributed by atoms with Crippen LogP contribution in [0.5, 0.6) is 5.75 Å². The van der Waals surface area contributed by atoms with Crippen LogP contribution < -0.4 is 15.0 Å². The van der Waals surface area contributed by atoms with Crippen molar-refractivity contribution in [2.24, 2.45) is 5.92 Å². The molecule has 1 fully saturated rings. The van der Waals surface area contributed by atoms with Gasteiger partial charge < -0.3 is 15.0 Å². The second-order valence-electron chi connectivity index (χ2n) is 5.43. The van der Waals surface area contributed by atoms with Crippen molar-refractivity contribution in [3.63, 3.8) is 0 Å². The number of methoxy groups -OCH3 is 1. The van der Waals surface area contributed by atoms with E-state index in [9.17, 15) is 9.59 Å². The lowest BCUT2D eigenvalue weighted by molar-refractivity contribution is -0.122. The van der Waals surface area contributed by atoms with E-state index in [1.807, 2.05) is 12.1 Å². The predicted molar refractivity (Wildman–Crippen MR) is 102 cm³/mol. The Morgan fingerprint density at radius 2 is 2.31 bits per heavy atom. The first-order valence-electron chi connectivity index (χ1n) is 7.76. The van der Waals surface area contributed by atoms with Crippen LogP contribution in [0.4, 0.5) is 10.8 Å². The fourth-order valence-corrected chi connectivity index (χ4v) is 4.03. The highest BCUT2D eigenvalue weighted by atomic mass is 32.2. The van der Waals surface area contributed by atoms with Crippen LogP contribution in [0, 0.1) is 18.3 Å². The molecule has 1 atom stereocenters. The molecule has 2 amide bonds. The second-order valence-corrected chi connectivity index (χ2v) is 7.63. The monoisotopic (exact) mass is 388 g/mol. The van der Waals surface area contributed by atoms with Gasteiger partial charge in [-0.15, -0.1) is 16.6 Å². The van der Waals surface area contributed by atoms with E-state index < -0.39 is 5.92 Å². The summed E-state index contributed by atoms with van der Waals surface area (Å²) in [4.78, 5) is 26.4. The lowest BCUT2D eigenvalue weighted by Gasteiger charge is -2.19. The van der Waals surface area contributed by atoms with Gasteiger partial charge in [0.25, 0.3) is 0 Å². The highest BCUT2D eigenvalue weighted by Crippen LogP contribution is 2.33. The van der Waals surface area contributed by atoms with Gasteiger partial charge in [0.1, 0.15) is 5.75 Å². The maximum atomic E-state index is 12.5. The number of anilines is 2. The number of hydrogen-bond acceptors (Lipinski definition) is 7. The number of ether oxygens (including phenoxy) is 1. The van der Waals surface area contributed by atoms with Gasteiger partial charge in [-0.1, -0.05) is 41.2 Å². The molecule has 0 aliphatic carbocycles. The highest BCUT2D eigenvalue weighted by Gasteiger charge is 2.36. The van der Waals surface area contributed by atoms with Crippen LogP contribution in [0.2, 0.25) is 0 Å². The van der Waals surface area contributed by atoms with Crippen molar-refractivity contribution in [1.29, 1.82) is 0 Å². The standard InChI is InChI=1S/C17H16N4O3S2/c1-3-8-25-17-20-19-16(26-17)18-15(23)11-9-14(22)21(10-11)12-6-4-5-7-13(12)24-2/h1,4-7,11H,8-10H2,2H3,(H,18,19,23)/t11-/m1/s1. The van der Waals surface area contributed by atoms with E-state index in [0.29, 0.717) is 33.2 Å². The summed E-state index contributed by atoms with van der Waals surface area (Å²) in [5.74, 6) is 2.78. The van der Waals surface area contributed by atoms with Crippen LogP contribution in [0.1, 0.15) is 6.42 Å². The van der Waals surface area contributed by atoms with Crippen LogP contribution in [-0.4, -0.2) is 41.4 Å². The van der Waals surface area contributed by atoms with Gasteiger partial charge in [-0.2, -0.15) is 0 Å². The smallest absolute Gasteiger partial charge is 0.231 e. The molecule has 1 saturated heterocycles. The van der Waals surface area contributed by atoms with Crippen LogP contribution in [-0.2, 0) is 9.59 Å². The summed E-state index contributed by atoms with van der Waals surface area (Å²) in [7, 11) is 1.55. The molecule has 134 valence electrons. The first kappa shape index (κ1) is 18.2. The lowest BCUT2D eigenvalue weighted by Crippen LogP contribution is -2.28. The molecular formula is C17H16N4O3S2. The molecule has 0 bridgehead atoms. The molecule has 9 heteroatoms. The third-order valence-electron chi connectivity index (χ3n) is 3.79. The van der Waals surface area contributed by atoms with Crippen molar-refractivity contribution in [3.05, 3.63) is 24.3 Å². The zero-order chi connectivity index (χ0) is 18.5. The number of nitrogens with zero attached hydrogens (tertiary/aromatic N) is 3. The molecule has 1 aliphatic rings. The topological polar surface area (TPSA) is 84.4 Å². The Morgan fingerprint density at radius 3 is 3.08 bits per heavy atom. The Morgan fingerprint density at radius 1 is 1.50 bits per heavy atom. The number of nitrogens with one attached hydrogen (secondary N) is 1. The van der Waals surface area contributed by atoms with Gasteiger partial charge >= 0.3 is 0 Å². The molecule has 1 aliphatic heterocycles. The number of thioether (sulfide) groups is 1. The fraction of sp³-hybridized carbons (Fsp3) is 0.294. The van der Waals surface area contributed by atoms with E-state index in [4.69, 9.17) is 11.2 Å². The van der Waals surface area contributed by atoms with Crippen LogP contribution >= 0.6 is 23.1 Å². The zero-order valence-electron chi connectivity index (χ0n) is 14.0. The summed E-state index contributed by atoms with van der Waals surface area (Å²) >= 11 is 2.64. The third kappa shape index (κ3) is 3.98. The van der Waals surface area contributed by atoms with Crippen molar-refractivity contribution in [2.75, 3.05) is 29.6 Å². The van der Waals surface area contributed by atoms with Crippen molar-refractivity contribution < 1.29 is 14.3 Å². The molecule has 2 aromatic rings. The summed E-state index contributed by atoms with van der Waals surface area (Å²) in [6.45, 7) is 0.294. The second kappa shape index (κ2) is 8.21. The SMILES string of the molecule is C#CCSc1nnc(NC(=O)[C@@H]2CC(=O)N(c3ccccc3OC)C2)s1. The molecule has 1 N–H and O–H groups in total. The molecule has 0 saturated carbocycles. The molecular weight excluding hydrogens is 372 g/mol. The number of rotatable bonds is 6. The van der Waals surface area contributed by atoms with Gasteiger partial charge in [0.15, 0.2) is 4.34 Å². The van der Waals surface area contributed by atoms with Crippen LogP contribution in [0.25, 0.3) is 0 Å². The average molecular weight is 388 g/mol. The Labute approximate surface area is 159 Å². The summed E-state index contributed by atoms with van der Waals surface area (Å²) in [6, 6.07) is 7.25. The molecule has 0 radical (unpaired) electrons. The van der Waals surface area contributed by atoms with Gasteiger partial charge in [-0.05, 0) is 12.1 Å². The van der Waals surface area contributed by atoms with Crippen LogP contribution in [0.15, 0.2) is 28.6 Å². The van der Waals surface area contributed by atoms with Crippen molar-refractivity contribution in [3.8, 4) is 18.1 Å². The quantitative estimate of drug-likeness (QED) is 0.464. The minimum Gasteiger partial charge on any atom is -0.495 e. The number of carbonyl (C=O) groups excluding carboxylic acids is 2. The summed E-state index contributed by atoms with van der Waals surface area (Å²) in [6.07, 6.45) is 5.35. The summed E-state index contributed by atoms with van der Waals surface area (Å²) < 4.78 is 6.00. The molecule has 1 aromatic heterocycles. The van der Waals surface area contributed by atoms with Gasteiger partial charge in [-0.3, -0.25) is 9.59 Å². The maximum Gasteiger partial charge on any atom is 0.231 e. The summed E-state index contributed by atoms with van der Waals surface area (Å²) in [5.41, 5.74) is 0.666.